The Morgan fingerprint density at radius 1 is 1.30 bits per heavy atom. The van der Waals surface area contributed by atoms with E-state index in [0.29, 0.717) is 18.5 Å². The van der Waals surface area contributed by atoms with Gasteiger partial charge in [-0.2, -0.15) is 4.98 Å². The molecule has 1 aromatic carbocycles. The fraction of sp³-hybridized carbons (Fsp3) is 0.286. The number of nitrogens with zero attached hydrogens (tertiary/aromatic N) is 2. The topological polar surface area (TPSA) is 121 Å². The van der Waals surface area contributed by atoms with Crippen molar-refractivity contribution in [2.75, 3.05) is 5.73 Å². The van der Waals surface area contributed by atoms with Gasteiger partial charge >= 0.3 is 35.2 Å². The van der Waals surface area contributed by atoms with Gasteiger partial charge in [-0.05, 0) is 24.5 Å². The molecule has 0 aliphatic heterocycles. The first-order chi connectivity index (χ1) is 10.4. The largest absolute Gasteiger partial charge is 1.00 e. The average Bonchev–Trinajstić information content (AvgIpc) is 2.45. The van der Waals surface area contributed by atoms with E-state index in [1.54, 1.807) is 30.3 Å². The maximum Gasteiger partial charge on any atom is 1.00 e. The van der Waals surface area contributed by atoms with Crippen molar-refractivity contribution in [2.24, 2.45) is 0 Å². The molecule has 0 bridgehead atoms. The molecular weight excluding hydrogens is 328 g/mol. The zero-order valence-corrected chi connectivity index (χ0v) is 15.7. The second-order valence-electron chi connectivity index (χ2n) is 4.96. The molecule has 0 aliphatic carbocycles. The predicted molar refractivity (Wildman–Crippen MR) is 81.2 cm³/mol. The Morgan fingerprint density at radius 2 is 1.96 bits per heavy atom. The van der Waals surface area contributed by atoms with Crippen molar-refractivity contribution in [3.05, 3.63) is 58.6 Å². The molecule has 2 atom stereocenters. The van der Waals surface area contributed by atoms with Crippen LogP contribution in [0.5, 0.6) is 0 Å². The van der Waals surface area contributed by atoms with E-state index in [1.807, 2.05) is 0 Å². The molecule has 0 saturated heterocycles. The molecular formula is C14H17N3NaO4P. The molecule has 0 radical (unpaired) electrons. The van der Waals surface area contributed by atoms with Crippen LogP contribution in [-0.2, 0) is 11.1 Å². The molecule has 0 aliphatic rings. The van der Waals surface area contributed by atoms with Crippen LogP contribution in [0, 0.1) is 0 Å². The van der Waals surface area contributed by atoms with Crippen molar-refractivity contribution in [1.29, 1.82) is 0 Å². The maximum absolute atomic E-state index is 11.6. The smallest absolute Gasteiger partial charge is 0.778 e. The van der Waals surface area contributed by atoms with Crippen LogP contribution in [0.2, 0.25) is 0 Å². The third-order valence-electron chi connectivity index (χ3n) is 3.35. The van der Waals surface area contributed by atoms with Gasteiger partial charge in [0, 0.05) is 18.4 Å². The molecule has 7 nitrogen and oxygen atoms in total. The van der Waals surface area contributed by atoms with Crippen LogP contribution in [0.1, 0.15) is 24.1 Å². The third kappa shape index (κ3) is 5.88. The van der Waals surface area contributed by atoms with Crippen LogP contribution in [0.4, 0.5) is 5.82 Å². The third-order valence-corrected chi connectivity index (χ3v) is 4.69. The summed E-state index contributed by atoms with van der Waals surface area (Å²) in [6.07, 6.45) is 2.12. The Labute approximate surface area is 156 Å². The molecule has 0 amide bonds. The van der Waals surface area contributed by atoms with E-state index >= 15 is 0 Å². The normalized spacial score (nSPS) is 14.5. The Bertz CT molecular complexity index is 732. The van der Waals surface area contributed by atoms with E-state index in [2.05, 4.69) is 4.98 Å². The van der Waals surface area contributed by atoms with Gasteiger partial charge in [0.05, 0.1) is 0 Å². The minimum atomic E-state index is -4.51. The SMILES string of the molecule is Nc1ccn(CCCC(c2ccccc2)P(=O)([O-])O)c(=O)n1.[Na+]. The first-order valence-electron chi connectivity index (χ1n) is 6.79. The minimum Gasteiger partial charge on any atom is -0.778 e. The van der Waals surface area contributed by atoms with Gasteiger partial charge in [0.15, 0.2) is 0 Å². The van der Waals surface area contributed by atoms with Gasteiger partial charge < -0.3 is 20.1 Å². The Balaban J connectivity index is 0.00000264. The number of hydrogen-bond acceptors (Lipinski definition) is 5. The van der Waals surface area contributed by atoms with Crippen LogP contribution in [0.15, 0.2) is 47.4 Å². The molecule has 3 N–H and O–H groups in total. The Hall–Kier alpha value is -0.950. The molecule has 2 rings (SSSR count). The fourth-order valence-electron chi connectivity index (χ4n) is 2.26. The number of hydrogen-bond donors (Lipinski definition) is 2. The van der Waals surface area contributed by atoms with Crippen molar-refractivity contribution < 1.29 is 43.9 Å². The van der Waals surface area contributed by atoms with Crippen LogP contribution < -0.4 is 45.9 Å². The van der Waals surface area contributed by atoms with Crippen molar-refractivity contribution in [3.8, 4) is 0 Å². The summed E-state index contributed by atoms with van der Waals surface area (Å²) >= 11 is 0. The van der Waals surface area contributed by atoms with Crippen LogP contribution in [0.25, 0.3) is 0 Å². The number of aryl methyl sites for hydroxylation is 1. The molecule has 2 aromatic rings. The quantitative estimate of drug-likeness (QED) is 0.457. The standard InChI is InChI=1S/C14H18N3O4P.Na/c15-13-8-10-17(14(18)16-13)9-4-7-12(22(19,20)21)11-5-2-1-3-6-11;/h1-3,5-6,8,10,12H,4,7,9H2,(H2,15,16,18)(H2,19,20,21);/q;+1/p-1. The van der Waals surface area contributed by atoms with Gasteiger partial charge in [-0.15, -0.1) is 0 Å². The van der Waals surface area contributed by atoms with E-state index in [4.69, 9.17) is 5.73 Å². The van der Waals surface area contributed by atoms with Gasteiger partial charge in [-0.3, -0.25) is 4.57 Å². The fourth-order valence-corrected chi connectivity index (χ4v) is 3.32. The molecule has 0 saturated carbocycles. The van der Waals surface area contributed by atoms with E-state index in [0.717, 1.165) is 0 Å². The van der Waals surface area contributed by atoms with Crippen LogP contribution in [-0.4, -0.2) is 14.4 Å². The van der Waals surface area contributed by atoms with Gasteiger partial charge in [-0.25, -0.2) is 4.79 Å². The molecule has 9 heteroatoms. The van der Waals surface area contributed by atoms with Gasteiger partial charge in [0.1, 0.15) is 13.4 Å². The molecule has 118 valence electrons. The number of aromatic nitrogens is 2. The molecule has 1 heterocycles. The summed E-state index contributed by atoms with van der Waals surface area (Å²) in [6.45, 7) is 0.301. The van der Waals surface area contributed by atoms with Crippen LogP contribution in [0.3, 0.4) is 0 Å². The Kier molecular flexibility index (Phi) is 7.67. The first kappa shape index (κ1) is 20.1. The molecule has 0 fully saturated rings. The van der Waals surface area contributed by atoms with E-state index in [1.165, 1.54) is 16.8 Å². The van der Waals surface area contributed by atoms with E-state index in [9.17, 15) is 19.1 Å². The maximum atomic E-state index is 11.6. The summed E-state index contributed by atoms with van der Waals surface area (Å²) in [5, 5.41) is 0. The van der Waals surface area contributed by atoms with Crippen molar-refractivity contribution in [1.82, 2.24) is 9.55 Å². The summed E-state index contributed by atoms with van der Waals surface area (Å²) in [7, 11) is -4.51. The second kappa shape index (κ2) is 8.78. The second-order valence-corrected chi connectivity index (χ2v) is 6.71. The van der Waals surface area contributed by atoms with Crippen molar-refractivity contribution in [2.45, 2.75) is 25.0 Å². The monoisotopic (exact) mass is 345 g/mol. The van der Waals surface area contributed by atoms with E-state index < -0.39 is 18.9 Å². The van der Waals surface area contributed by atoms with Crippen LogP contribution >= 0.6 is 7.60 Å². The molecule has 23 heavy (non-hydrogen) atoms. The minimum absolute atomic E-state index is 0. The van der Waals surface area contributed by atoms with Crippen molar-refractivity contribution in [3.63, 3.8) is 0 Å². The molecule has 2 unspecified atom stereocenters. The average molecular weight is 345 g/mol. The number of nitrogens with two attached hydrogens (primary N) is 1. The van der Waals surface area contributed by atoms with Gasteiger partial charge in [0.2, 0.25) is 0 Å². The van der Waals surface area contributed by atoms with Gasteiger partial charge in [0.25, 0.3) is 0 Å². The summed E-state index contributed by atoms with van der Waals surface area (Å²) in [6, 6.07) is 10.0. The number of nitrogen functional groups attached to an aromatic ring is 1. The number of benzene rings is 1. The predicted octanol–water partition coefficient (Wildman–Crippen LogP) is -2.10. The van der Waals surface area contributed by atoms with Gasteiger partial charge in [-0.1, -0.05) is 30.3 Å². The first-order valence-corrected chi connectivity index (χ1v) is 8.44. The zero-order chi connectivity index (χ0) is 16.2. The Morgan fingerprint density at radius 3 is 2.52 bits per heavy atom. The van der Waals surface area contributed by atoms with E-state index in [-0.39, 0.29) is 41.8 Å². The summed E-state index contributed by atoms with van der Waals surface area (Å²) < 4.78 is 12.9. The molecule has 0 spiro atoms. The zero-order valence-electron chi connectivity index (χ0n) is 12.8. The van der Waals surface area contributed by atoms with Crippen molar-refractivity contribution >= 4 is 13.4 Å². The number of rotatable bonds is 6. The summed E-state index contributed by atoms with van der Waals surface area (Å²) in [5.41, 5.74) is 4.47. The summed E-state index contributed by atoms with van der Waals surface area (Å²) in [5.74, 6) is 0.142. The number of anilines is 1. The molecule has 1 aromatic heterocycles. The summed E-state index contributed by atoms with van der Waals surface area (Å²) in [4.78, 5) is 36.2.